The first-order chi connectivity index (χ1) is 16.8. The second-order valence-corrected chi connectivity index (χ2v) is 7.39. The van der Waals surface area contributed by atoms with Gasteiger partial charge in [0.15, 0.2) is 0 Å². The average Bonchev–Trinajstić information content (AvgIpc) is 2.89. The highest BCUT2D eigenvalue weighted by molar-refractivity contribution is 5.41. The summed E-state index contributed by atoms with van der Waals surface area (Å²) in [7, 11) is 0. The third-order valence-corrected chi connectivity index (χ3v) is 4.69. The number of phenols is 4. The molecule has 4 rings (SSSR count). The van der Waals surface area contributed by atoms with Crippen LogP contribution in [0.15, 0.2) is 109 Å². The molecule has 0 bridgehead atoms. The second-order valence-electron chi connectivity index (χ2n) is 7.39. The summed E-state index contributed by atoms with van der Waals surface area (Å²) in [5.41, 5.74) is 2.10. The minimum Gasteiger partial charge on any atom is -0.508 e. The molecule has 184 valence electrons. The summed E-state index contributed by atoms with van der Waals surface area (Å²) in [5, 5.41) is 35.9. The quantitative estimate of drug-likeness (QED) is 0.289. The molecule has 0 amide bonds. The van der Waals surface area contributed by atoms with Gasteiger partial charge in [0.1, 0.15) is 36.6 Å². The van der Waals surface area contributed by atoms with Gasteiger partial charge in [-0.1, -0.05) is 74.5 Å². The maximum absolute atomic E-state index is 9.30. The number of para-hydroxylation sites is 2. The molecule has 0 heterocycles. The predicted octanol–water partition coefficient (Wildman–Crippen LogP) is 5.84. The largest absolute Gasteiger partial charge is 0.508 e. The van der Waals surface area contributed by atoms with Gasteiger partial charge in [-0.25, -0.2) is 0 Å². The Morgan fingerprint density at radius 2 is 0.657 bits per heavy atom. The van der Waals surface area contributed by atoms with Crippen LogP contribution in [0.2, 0.25) is 0 Å². The average molecular weight is 477 g/mol. The van der Waals surface area contributed by atoms with Gasteiger partial charge >= 0.3 is 0 Å². The molecule has 35 heavy (non-hydrogen) atoms. The normalized spacial score (nSPS) is 9.20. The molecular formula is C29H32O6. The van der Waals surface area contributed by atoms with E-state index in [2.05, 4.69) is 13.8 Å². The zero-order valence-corrected chi connectivity index (χ0v) is 19.9. The van der Waals surface area contributed by atoms with E-state index in [1.807, 2.05) is 50.0 Å². The standard InChI is InChI=1S/C15H16O2.2C6H6O.2CH2O/c1-15(2,11-3-7-13(16)8-4-11)12-5-9-14(17)10-6-12;2*7-6-4-2-1-3-5-6;2*1-2/h3-10,16-17H,1-2H3;2*1-5,7H;2*1H2. The lowest BCUT2D eigenvalue weighted by Gasteiger charge is -2.26. The maximum atomic E-state index is 9.30. The van der Waals surface area contributed by atoms with Crippen molar-refractivity contribution in [1.82, 2.24) is 0 Å². The van der Waals surface area contributed by atoms with Gasteiger partial charge in [-0.2, -0.15) is 0 Å². The van der Waals surface area contributed by atoms with Crippen LogP contribution in [-0.2, 0) is 15.0 Å². The molecule has 4 aromatic rings. The lowest BCUT2D eigenvalue weighted by atomic mass is 9.78. The highest BCUT2D eigenvalue weighted by atomic mass is 16.3. The van der Waals surface area contributed by atoms with Crippen LogP contribution in [0, 0.1) is 0 Å². The Kier molecular flexibility index (Phi) is 14.7. The molecule has 0 atom stereocenters. The van der Waals surface area contributed by atoms with Crippen molar-refractivity contribution in [3.8, 4) is 23.0 Å². The Morgan fingerprint density at radius 3 is 0.857 bits per heavy atom. The monoisotopic (exact) mass is 476 g/mol. The molecule has 0 aliphatic rings. The maximum Gasteiger partial charge on any atom is 0.115 e. The van der Waals surface area contributed by atoms with Crippen LogP contribution in [0.3, 0.4) is 0 Å². The topological polar surface area (TPSA) is 115 Å². The van der Waals surface area contributed by atoms with E-state index in [1.165, 1.54) is 0 Å². The highest BCUT2D eigenvalue weighted by Crippen LogP contribution is 2.32. The fourth-order valence-corrected chi connectivity index (χ4v) is 2.78. The lowest BCUT2D eigenvalue weighted by molar-refractivity contribution is -0.0987. The second kappa shape index (κ2) is 17.0. The van der Waals surface area contributed by atoms with E-state index in [9.17, 15) is 10.2 Å². The number of phenolic OH excluding ortho intramolecular Hbond substituents is 4. The Labute approximate surface area is 206 Å². The van der Waals surface area contributed by atoms with Crippen molar-refractivity contribution in [2.45, 2.75) is 19.3 Å². The molecule has 0 saturated heterocycles. The molecule has 0 aliphatic heterocycles. The van der Waals surface area contributed by atoms with E-state index in [4.69, 9.17) is 19.8 Å². The zero-order chi connectivity index (χ0) is 26.7. The Bertz CT molecular complexity index is 961. The van der Waals surface area contributed by atoms with Gasteiger partial charge in [-0.3, -0.25) is 0 Å². The fourth-order valence-electron chi connectivity index (χ4n) is 2.78. The van der Waals surface area contributed by atoms with E-state index in [-0.39, 0.29) is 16.9 Å². The third-order valence-electron chi connectivity index (χ3n) is 4.69. The first-order valence-electron chi connectivity index (χ1n) is 10.4. The molecule has 0 unspecified atom stereocenters. The van der Waals surface area contributed by atoms with Crippen LogP contribution >= 0.6 is 0 Å². The van der Waals surface area contributed by atoms with E-state index in [0.717, 1.165) is 11.1 Å². The summed E-state index contributed by atoms with van der Waals surface area (Å²) in [6.45, 7) is 8.23. The number of hydrogen-bond donors (Lipinski definition) is 4. The number of hydrogen-bond acceptors (Lipinski definition) is 6. The molecule has 6 heteroatoms. The SMILES string of the molecule is C=O.C=O.CC(C)(c1ccc(O)cc1)c1ccc(O)cc1.Oc1ccccc1.Oc1ccccc1. The molecule has 0 fully saturated rings. The van der Waals surface area contributed by atoms with Gasteiger partial charge in [-0.15, -0.1) is 0 Å². The van der Waals surface area contributed by atoms with Crippen molar-refractivity contribution in [3.05, 3.63) is 120 Å². The van der Waals surface area contributed by atoms with E-state index in [0.29, 0.717) is 11.5 Å². The summed E-state index contributed by atoms with van der Waals surface area (Å²) >= 11 is 0. The van der Waals surface area contributed by atoms with Crippen LogP contribution in [0.4, 0.5) is 0 Å². The number of carbonyl (C=O) groups is 2. The van der Waals surface area contributed by atoms with Crippen molar-refractivity contribution in [2.75, 3.05) is 0 Å². The van der Waals surface area contributed by atoms with Crippen LogP contribution in [0.25, 0.3) is 0 Å². The number of aromatic hydroxyl groups is 4. The molecule has 4 N–H and O–H groups in total. The number of carbonyl (C=O) groups excluding carboxylic acids is 2. The zero-order valence-electron chi connectivity index (χ0n) is 19.9. The van der Waals surface area contributed by atoms with Gasteiger partial charge in [0, 0.05) is 5.41 Å². The Morgan fingerprint density at radius 1 is 0.429 bits per heavy atom. The third kappa shape index (κ3) is 11.7. The van der Waals surface area contributed by atoms with Gasteiger partial charge in [0.25, 0.3) is 0 Å². The van der Waals surface area contributed by atoms with Crippen molar-refractivity contribution in [2.24, 2.45) is 0 Å². The van der Waals surface area contributed by atoms with Gasteiger partial charge < -0.3 is 30.0 Å². The molecule has 0 saturated carbocycles. The van der Waals surface area contributed by atoms with Crippen molar-refractivity contribution in [1.29, 1.82) is 0 Å². The molecule has 4 aromatic carbocycles. The van der Waals surface area contributed by atoms with Crippen LogP contribution in [0.5, 0.6) is 23.0 Å². The van der Waals surface area contributed by atoms with Crippen LogP contribution in [0.1, 0.15) is 25.0 Å². The molecular weight excluding hydrogens is 444 g/mol. The summed E-state index contributed by atoms with van der Waals surface area (Å²) in [5.74, 6) is 1.19. The molecule has 0 spiro atoms. The summed E-state index contributed by atoms with van der Waals surface area (Å²) in [6, 6.07) is 31.9. The van der Waals surface area contributed by atoms with Gasteiger partial charge in [0.2, 0.25) is 0 Å². The molecule has 6 nitrogen and oxygen atoms in total. The van der Waals surface area contributed by atoms with Crippen LogP contribution in [-0.4, -0.2) is 34.0 Å². The number of rotatable bonds is 2. The molecule has 0 aromatic heterocycles. The van der Waals surface area contributed by atoms with Crippen molar-refractivity contribution >= 4 is 13.6 Å². The van der Waals surface area contributed by atoms with E-state index in [1.54, 1.807) is 72.8 Å². The number of benzene rings is 4. The van der Waals surface area contributed by atoms with Crippen molar-refractivity contribution < 1.29 is 30.0 Å². The summed E-state index contributed by atoms with van der Waals surface area (Å²) < 4.78 is 0. The molecule has 0 aliphatic carbocycles. The Balaban J connectivity index is 0.000000531. The Hall–Kier alpha value is -4.58. The lowest BCUT2D eigenvalue weighted by Crippen LogP contribution is -2.18. The predicted molar refractivity (Wildman–Crippen MR) is 139 cm³/mol. The first-order valence-corrected chi connectivity index (χ1v) is 10.4. The van der Waals surface area contributed by atoms with E-state index >= 15 is 0 Å². The molecule has 0 radical (unpaired) electrons. The highest BCUT2D eigenvalue weighted by Gasteiger charge is 2.22. The minimum absolute atomic E-state index is 0.151. The summed E-state index contributed by atoms with van der Waals surface area (Å²) in [4.78, 5) is 16.0. The van der Waals surface area contributed by atoms with Crippen molar-refractivity contribution in [3.63, 3.8) is 0 Å². The minimum atomic E-state index is -0.151. The first kappa shape index (κ1) is 30.4. The van der Waals surface area contributed by atoms with Gasteiger partial charge in [-0.05, 0) is 59.7 Å². The van der Waals surface area contributed by atoms with Gasteiger partial charge in [0.05, 0.1) is 0 Å². The summed E-state index contributed by atoms with van der Waals surface area (Å²) in [6.07, 6.45) is 0. The van der Waals surface area contributed by atoms with E-state index < -0.39 is 0 Å². The van der Waals surface area contributed by atoms with Crippen LogP contribution < -0.4 is 0 Å². The smallest absolute Gasteiger partial charge is 0.115 e. The fraction of sp³-hybridized carbons (Fsp3) is 0.103.